The van der Waals surface area contributed by atoms with Crippen LogP contribution in [-0.2, 0) is 9.47 Å². The van der Waals surface area contributed by atoms with Gasteiger partial charge in [0.2, 0.25) is 46.7 Å². The fourth-order valence-electron chi connectivity index (χ4n) is 3.97. The molecule has 0 bridgehead atoms. The molecule has 0 atom stereocenters. The number of halogens is 5. The number of aromatic nitrogens is 3. The molecule has 3 N–H and O–H groups in total. The number of benzene rings is 2. The molecule has 18 heteroatoms. The minimum absolute atomic E-state index is 0.0100. The molecule has 3 aromatic rings. The molecule has 1 fully saturated rings. The predicted molar refractivity (Wildman–Crippen MR) is 143 cm³/mol. The quantitative estimate of drug-likeness (QED) is 0.0685. The Hall–Kier alpha value is -4.42. The van der Waals surface area contributed by atoms with Gasteiger partial charge in [-0.1, -0.05) is 0 Å². The number of nitro groups is 1. The van der Waals surface area contributed by atoms with Crippen molar-refractivity contribution in [3.05, 3.63) is 63.5 Å². The molecule has 4 rings (SSSR count). The Morgan fingerprint density at radius 2 is 1.40 bits per heavy atom. The van der Waals surface area contributed by atoms with Gasteiger partial charge in [0.05, 0.1) is 31.4 Å². The molecule has 2 aromatic carbocycles. The van der Waals surface area contributed by atoms with Gasteiger partial charge in [0.1, 0.15) is 0 Å². The maximum absolute atomic E-state index is 14.3. The van der Waals surface area contributed by atoms with Crippen LogP contribution < -0.4 is 25.6 Å². The highest BCUT2D eigenvalue weighted by molar-refractivity contribution is 5.52. The van der Waals surface area contributed by atoms with Gasteiger partial charge in [0.25, 0.3) is 5.69 Å². The maximum Gasteiger partial charge on any atom is 0.328 e. The Balaban J connectivity index is 1.49. The van der Waals surface area contributed by atoms with Crippen molar-refractivity contribution < 1.29 is 41.1 Å². The first-order valence-corrected chi connectivity index (χ1v) is 13.0. The summed E-state index contributed by atoms with van der Waals surface area (Å²) in [6, 6.07) is 5.32. The third kappa shape index (κ3) is 7.90. The molecular formula is C25H27F5N8O5. The van der Waals surface area contributed by atoms with Gasteiger partial charge in [-0.2, -0.15) is 23.7 Å². The molecule has 0 amide bonds. The van der Waals surface area contributed by atoms with Gasteiger partial charge in [-0.15, -0.1) is 0 Å². The van der Waals surface area contributed by atoms with E-state index in [2.05, 4.69) is 20.3 Å². The molecule has 13 nitrogen and oxygen atoms in total. The zero-order chi connectivity index (χ0) is 30.9. The van der Waals surface area contributed by atoms with Gasteiger partial charge in [-0.3, -0.25) is 10.1 Å². The molecule has 0 unspecified atom stereocenters. The number of nitro benzene ring substituents is 1. The Kier molecular flexibility index (Phi) is 10.7. The van der Waals surface area contributed by atoms with Crippen molar-refractivity contribution in [3.63, 3.8) is 0 Å². The predicted octanol–water partition coefficient (Wildman–Crippen LogP) is 3.00. The van der Waals surface area contributed by atoms with Crippen molar-refractivity contribution >= 4 is 23.3 Å². The van der Waals surface area contributed by atoms with Crippen LogP contribution in [0.3, 0.4) is 0 Å². The first-order valence-electron chi connectivity index (χ1n) is 13.0. The SMILES string of the molecule is NCCOCCOCCNc1nc(Oc2c(F)c(F)c(F)c(F)c2F)nc(N2CCN(c3ccc([N+](=O)[O-])cc3)CC2)n1. The van der Waals surface area contributed by atoms with E-state index in [-0.39, 0.29) is 37.3 Å². The minimum atomic E-state index is -2.33. The summed E-state index contributed by atoms with van der Waals surface area (Å²) < 4.78 is 85.2. The third-order valence-electron chi connectivity index (χ3n) is 6.12. The number of hydrogen-bond donors (Lipinski definition) is 2. The lowest BCUT2D eigenvalue weighted by atomic mass is 10.2. The summed E-state index contributed by atoms with van der Waals surface area (Å²) in [5.41, 5.74) is 6.05. The smallest absolute Gasteiger partial charge is 0.328 e. The lowest BCUT2D eigenvalue weighted by Crippen LogP contribution is -2.47. The van der Waals surface area contributed by atoms with Gasteiger partial charge in [-0.25, -0.2) is 13.2 Å². The van der Waals surface area contributed by atoms with Gasteiger partial charge in [-0.05, 0) is 12.1 Å². The number of ether oxygens (including phenoxy) is 3. The molecule has 1 aliphatic rings. The van der Waals surface area contributed by atoms with Crippen LogP contribution in [0.25, 0.3) is 0 Å². The number of hydrogen-bond acceptors (Lipinski definition) is 12. The first-order chi connectivity index (χ1) is 20.7. The fraction of sp³-hybridized carbons (Fsp3) is 0.400. The van der Waals surface area contributed by atoms with Crippen LogP contribution in [0.15, 0.2) is 24.3 Å². The van der Waals surface area contributed by atoms with Crippen molar-refractivity contribution in [2.24, 2.45) is 5.73 Å². The van der Waals surface area contributed by atoms with Crippen molar-refractivity contribution in [2.45, 2.75) is 0 Å². The van der Waals surface area contributed by atoms with Gasteiger partial charge < -0.3 is 35.1 Å². The molecule has 232 valence electrons. The molecule has 1 aromatic heterocycles. The average Bonchev–Trinajstić information content (AvgIpc) is 3.02. The van der Waals surface area contributed by atoms with Crippen molar-refractivity contribution in [1.82, 2.24) is 15.0 Å². The Morgan fingerprint density at radius 3 is 2.00 bits per heavy atom. The molecule has 43 heavy (non-hydrogen) atoms. The third-order valence-corrected chi connectivity index (χ3v) is 6.12. The van der Waals surface area contributed by atoms with E-state index in [1.54, 1.807) is 17.0 Å². The molecule has 1 aliphatic heterocycles. The Morgan fingerprint density at radius 1 is 0.814 bits per heavy atom. The number of piperazine rings is 1. The van der Waals surface area contributed by atoms with Crippen molar-refractivity contribution in [1.29, 1.82) is 0 Å². The second-order valence-electron chi connectivity index (χ2n) is 8.93. The molecule has 0 spiro atoms. The van der Waals surface area contributed by atoms with Gasteiger partial charge >= 0.3 is 6.01 Å². The topological polar surface area (TPSA) is 154 Å². The molecule has 0 saturated carbocycles. The van der Waals surface area contributed by atoms with Crippen molar-refractivity contribution in [3.8, 4) is 11.8 Å². The summed E-state index contributed by atoms with van der Waals surface area (Å²) in [6.07, 6.45) is 0. The van der Waals surface area contributed by atoms with E-state index in [1.807, 2.05) is 4.90 Å². The number of nitrogens with two attached hydrogens (primary N) is 1. The van der Waals surface area contributed by atoms with Crippen LogP contribution in [-0.4, -0.2) is 85.6 Å². The lowest BCUT2D eigenvalue weighted by Gasteiger charge is -2.36. The van der Waals surface area contributed by atoms with E-state index in [9.17, 15) is 32.1 Å². The molecule has 0 aliphatic carbocycles. The summed E-state index contributed by atoms with van der Waals surface area (Å²) in [6.45, 7) is 3.33. The summed E-state index contributed by atoms with van der Waals surface area (Å²) >= 11 is 0. The maximum atomic E-state index is 14.3. The molecular weight excluding hydrogens is 587 g/mol. The summed E-state index contributed by atoms with van der Waals surface area (Å²) in [7, 11) is 0. The van der Waals surface area contributed by atoms with E-state index in [4.69, 9.17) is 19.9 Å². The summed E-state index contributed by atoms with van der Waals surface area (Å²) in [5, 5.41) is 13.8. The normalized spacial score (nSPS) is 13.3. The number of anilines is 3. The molecule has 2 heterocycles. The zero-order valence-electron chi connectivity index (χ0n) is 22.6. The highest BCUT2D eigenvalue weighted by Crippen LogP contribution is 2.32. The number of nitrogens with zero attached hydrogens (tertiary/aromatic N) is 6. The number of nitrogens with one attached hydrogen (secondary N) is 1. The highest BCUT2D eigenvalue weighted by atomic mass is 19.2. The first kappa shape index (κ1) is 31.5. The van der Waals surface area contributed by atoms with Crippen LogP contribution in [0.2, 0.25) is 0 Å². The van der Waals surface area contributed by atoms with Crippen molar-refractivity contribution in [2.75, 3.05) is 80.8 Å². The second-order valence-corrected chi connectivity index (χ2v) is 8.93. The van der Waals surface area contributed by atoms with E-state index in [1.165, 1.54) is 12.1 Å². The van der Waals surface area contributed by atoms with Gasteiger partial charge in [0.15, 0.2) is 0 Å². The Bertz CT molecular complexity index is 1380. The zero-order valence-corrected chi connectivity index (χ0v) is 22.6. The second kappa shape index (κ2) is 14.7. The fourth-order valence-corrected chi connectivity index (χ4v) is 3.97. The van der Waals surface area contributed by atoms with Crippen LogP contribution >= 0.6 is 0 Å². The molecule has 1 saturated heterocycles. The highest BCUT2D eigenvalue weighted by Gasteiger charge is 2.29. The van der Waals surface area contributed by atoms with E-state index < -0.39 is 45.8 Å². The summed E-state index contributed by atoms with van der Waals surface area (Å²) in [5.74, 6) is -12.7. The van der Waals surface area contributed by atoms with Crippen LogP contribution in [0.5, 0.6) is 11.8 Å². The number of non-ortho nitro benzene ring substituents is 1. The van der Waals surface area contributed by atoms with Crippen LogP contribution in [0, 0.1) is 39.2 Å². The van der Waals surface area contributed by atoms with Crippen LogP contribution in [0.1, 0.15) is 0 Å². The van der Waals surface area contributed by atoms with Gasteiger partial charge in [0, 0.05) is 57.1 Å². The number of rotatable bonds is 14. The average molecular weight is 615 g/mol. The monoisotopic (exact) mass is 614 g/mol. The van der Waals surface area contributed by atoms with E-state index >= 15 is 0 Å². The standard InChI is InChI=1S/C25H27F5N8O5/c26-17-18(27)20(29)22(21(30)19(17)28)43-25-34-23(32-6-12-42-14-13-41-11-5-31)33-24(35-25)37-9-7-36(8-10-37)15-1-3-16(4-2-15)38(39)40/h1-4H,5-14,31H2,(H,32,33,34,35). The molecule has 0 radical (unpaired) electrons. The minimum Gasteiger partial charge on any atom is -0.418 e. The summed E-state index contributed by atoms with van der Waals surface area (Å²) in [4.78, 5) is 26.4. The lowest BCUT2D eigenvalue weighted by molar-refractivity contribution is -0.384. The Labute approximate surface area is 241 Å². The van der Waals surface area contributed by atoms with E-state index in [0.29, 0.717) is 45.9 Å². The largest absolute Gasteiger partial charge is 0.418 e. The van der Waals surface area contributed by atoms with E-state index in [0.717, 1.165) is 5.69 Å². The van der Waals surface area contributed by atoms with Crippen LogP contribution in [0.4, 0.5) is 45.2 Å².